The van der Waals surface area contributed by atoms with Crippen LogP contribution in [0.3, 0.4) is 0 Å². The maximum Gasteiger partial charge on any atom is 0.253 e. The number of carbonyl (C=O) groups excluding carboxylic acids is 1. The van der Waals surface area contributed by atoms with Crippen molar-refractivity contribution in [2.75, 3.05) is 19.4 Å². The summed E-state index contributed by atoms with van der Waals surface area (Å²) in [5.41, 5.74) is 6.81. The van der Waals surface area contributed by atoms with Crippen LogP contribution in [0.2, 0.25) is 0 Å². The number of carbonyl (C=O) groups is 1. The number of nitrogens with one attached hydrogen (secondary N) is 1. The number of benzene rings is 1. The van der Waals surface area contributed by atoms with Gasteiger partial charge in [-0.25, -0.2) is 0 Å². The third kappa shape index (κ3) is 3.65. The lowest BCUT2D eigenvalue weighted by Gasteiger charge is -2.23. The molecule has 0 aliphatic carbocycles. The summed E-state index contributed by atoms with van der Waals surface area (Å²) in [6, 6.07) is 5.07. The predicted molar refractivity (Wildman–Crippen MR) is 73.8 cm³/mol. The highest BCUT2D eigenvalue weighted by Crippen LogP contribution is 2.21. The van der Waals surface area contributed by atoms with Gasteiger partial charge in [-0.15, -0.1) is 0 Å². The summed E-state index contributed by atoms with van der Waals surface area (Å²) in [7, 11) is 1.56. The van der Waals surface area contributed by atoms with Gasteiger partial charge >= 0.3 is 0 Å². The molecule has 3 N–H and O–H groups in total. The molecule has 1 aromatic carbocycles. The first-order chi connectivity index (χ1) is 8.39. The molecule has 1 aromatic rings. The Bertz CT molecular complexity index is 428. The van der Waals surface area contributed by atoms with E-state index in [0.717, 1.165) is 6.42 Å². The average Bonchev–Trinajstić information content (AvgIpc) is 2.36. The summed E-state index contributed by atoms with van der Waals surface area (Å²) in [6.45, 7) is 6.95. The maximum absolute atomic E-state index is 12.0. The zero-order chi connectivity index (χ0) is 13.8. The van der Waals surface area contributed by atoms with Crippen molar-refractivity contribution in [2.45, 2.75) is 27.2 Å². The lowest BCUT2D eigenvalue weighted by atomic mass is 9.90. The van der Waals surface area contributed by atoms with E-state index in [9.17, 15) is 4.79 Å². The zero-order valence-corrected chi connectivity index (χ0v) is 11.5. The smallest absolute Gasteiger partial charge is 0.253 e. The first-order valence-corrected chi connectivity index (χ1v) is 6.11. The van der Waals surface area contributed by atoms with Gasteiger partial charge < -0.3 is 15.8 Å². The summed E-state index contributed by atoms with van der Waals surface area (Å²) in [4.78, 5) is 12.0. The zero-order valence-electron chi connectivity index (χ0n) is 11.5. The first kappa shape index (κ1) is 14.4. The number of anilines is 1. The maximum atomic E-state index is 12.0. The van der Waals surface area contributed by atoms with Crippen molar-refractivity contribution in [1.82, 2.24) is 5.32 Å². The van der Waals surface area contributed by atoms with E-state index in [1.807, 2.05) is 0 Å². The highest BCUT2D eigenvalue weighted by atomic mass is 16.5. The third-order valence-corrected chi connectivity index (χ3v) is 3.19. The number of hydrogen-bond donors (Lipinski definition) is 2. The summed E-state index contributed by atoms with van der Waals surface area (Å²) in [6.07, 6.45) is 1.00. The molecule has 0 spiro atoms. The topological polar surface area (TPSA) is 64.3 Å². The summed E-state index contributed by atoms with van der Waals surface area (Å²) in [5.74, 6) is 0.469. The van der Waals surface area contributed by atoms with Crippen LogP contribution in [0.4, 0.5) is 5.69 Å². The van der Waals surface area contributed by atoms with E-state index >= 15 is 0 Å². The molecule has 18 heavy (non-hydrogen) atoms. The fourth-order valence-corrected chi connectivity index (χ4v) is 1.40. The minimum absolute atomic E-state index is 0.0866. The van der Waals surface area contributed by atoms with Crippen molar-refractivity contribution in [1.29, 1.82) is 0 Å². The van der Waals surface area contributed by atoms with Crippen LogP contribution in [0, 0.1) is 5.41 Å². The monoisotopic (exact) mass is 250 g/mol. The molecule has 0 aromatic heterocycles. The number of nitrogens with two attached hydrogens (primary N) is 1. The quantitative estimate of drug-likeness (QED) is 0.789. The van der Waals surface area contributed by atoms with Crippen molar-refractivity contribution >= 4 is 11.6 Å². The Morgan fingerprint density at radius 2 is 2.11 bits per heavy atom. The van der Waals surface area contributed by atoms with Crippen LogP contribution in [-0.4, -0.2) is 19.6 Å². The molecule has 0 unspecified atom stereocenters. The molecular formula is C14H22N2O2. The molecule has 1 rings (SSSR count). The van der Waals surface area contributed by atoms with E-state index in [2.05, 4.69) is 26.1 Å². The van der Waals surface area contributed by atoms with Gasteiger partial charge in [0.15, 0.2) is 0 Å². The number of nitrogen functional groups attached to an aromatic ring is 1. The normalized spacial score (nSPS) is 11.1. The van der Waals surface area contributed by atoms with Gasteiger partial charge in [0.1, 0.15) is 5.75 Å². The Hall–Kier alpha value is -1.71. The standard InChI is InChI=1S/C14H22N2O2/c1-5-14(2,3)9-16-13(17)11-8-10(18-4)6-7-12(11)15/h6-8H,5,9,15H2,1-4H3,(H,16,17). The second-order valence-corrected chi connectivity index (χ2v) is 5.15. The van der Waals surface area contributed by atoms with Gasteiger partial charge in [-0.05, 0) is 30.0 Å². The van der Waals surface area contributed by atoms with Crippen molar-refractivity contribution in [3.05, 3.63) is 23.8 Å². The van der Waals surface area contributed by atoms with Crippen molar-refractivity contribution < 1.29 is 9.53 Å². The molecule has 0 saturated carbocycles. The van der Waals surface area contributed by atoms with Crippen molar-refractivity contribution in [3.63, 3.8) is 0 Å². The third-order valence-electron chi connectivity index (χ3n) is 3.19. The molecule has 4 nitrogen and oxygen atoms in total. The number of rotatable bonds is 5. The van der Waals surface area contributed by atoms with Crippen LogP contribution in [-0.2, 0) is 0 Å². The van der Waals surface area contributed by atoms with Gasteiger partial charge in [0.2, 0.25) is 0 Å². The van der Waals surface area contributed by atoms with Gasteiger partial charge in [-0.1, -0.05) is 20.8 Å². The van der Waals surface area contributed by atoms with E-state index in [1.165, 1.54) is 0 Å². The van der Waals surface area contributed by atoms with E-state index in [0.29, 0.717) is 23.5 Å². The number of amides is 1. The Kier molecular flexibility index (Phi) is 4.59. The van der Waals surface area contributed by atoms with Gasteiger partial charge in [0.05, 0.1) is 12.7 Å². The van der Waals surface area contributed by atoms with Crippen LogP contribution in [0.1, 0.15) is 37.6 Å². The molecule has 100 valence electrons. The second kappa shape index (κ2) is 5.76. The molecule has 0 saturated heterocycles. The Labute approximate surface area is 109 Å². The lowest BCUT2D eigenvalue weighted by molar-refractivity contribution is 0.0936. The largest absolute Gasteiger partial charge is 0.497 e. The number of ether oxygens (including phenoxy) is 1. The van der Waals surface area contributed by atoms with E-state index in [1.54, 1.807) is 25.3 Å². The first-order valence-electron chi connectivity index (χ1n) is 6.11. The van der Waals surface area contributed by atoms with Crippen LogP contribution in [0.15, 0.2) is 18.2 Å². The summed E-state index contributed by atoms with van der Waals surface area (Å²) in [5, 5.41) is 2.91. The van der Waals surface area contributed by atoms with Crippen molar-refractivity contribution in [2.24, 2.45) is 5.41 Å². The summed E-state index contributed by atoms with van der Waals surface area (Å²) < 4.78 is 5.09. The number of methoxy groups -OCH3 is 1. The van der Waals surface area contributed by atoms with E-state index in [-0.39, 0.29) is 11.3 Å². The van der Waals surface area contributed by atoms with Crippen LogP contribution in [0.5, 0.6) is 5.75 Å². The highest BCUT2D eigenvalue weighted by Gasteiger charge is 2.18. The molecule has 4 heteroatoms. The molecule has 0 bridgehead atoms. The molecule has 0 aliphatic heterocycles. The molecule has 0 atom stereocenters. The Morgan fingerprint density at radius 3 is 2.67 bits per heavy atom. The van der Waals surface area contributed by atoms with Gasteiger partial charge in [0.25, 0.3) is 5.91 Å². The molecule has 0 aliphatic rings. The van der Waals surface area contributed by atoms with Gasteiger partial charge in [0, 0.05) is 12.2 Å². The Balaban J connectivity index is 2.78. The minimum atomic E-state index is -0.159. The molecule has 0 radical (unpaired) electrons. The lowest BCUT2D eigenvalue weighted by Crippen LogP contribution is -2.33. The Morgan fingerprint density at radius 1 is 1.44 bits per heavy atom. The predicted octanol–water partition coefficient (Wildman–Crippen LogP) is 2.44. The SMILES string of the molecule is CCC(C)(C)CNC(=O)c1cc(OC)ccc1N. The number of hydrogen-bond acceptors (Lipinski definition) is 3. The van der Waals surface area contributed by atoms with Crippen LogP contribution in [0.25, 0.3) is 0 Å². The molecule has 0 heterocycles. The molecule has 0 fully saturated rings. The van der Waals surface area contributed by atoms with Crippen LogP contribution >= 0.6 is 0 Å². The van der Waals surface area contributed by atoms with Crippen LogP contribution < -0.4 is 15.8 Å². The van der Waals surface area contributed by atoms with Crippen molar-refractivity contribution in [3.8, 4) is 5.75 Å². The van der Waals surface area contributed by atoms with Gasteiger partial charge in [-0.3, -0.25) is 4.79 Å². The second-order valence-electron chi connectivity index (χ2n) is 5.15. The molecule has 1 amide bonds. The minimum Gasteiger partial charge on any atom is -0.497 e. The van der Waals surface area contributed by atoms with Gasteiger partial charge in [-0.2, -0.15) is 0 Å². The molecular weight excluding hydrogens is 228 g/mol. The average molecular weight is 250 g/mol. The fraction of sp³-hybridized carbons (Fsp3) is 0.500. The fourth-order valence-electron chi connectivity index (χ4n) is 1.40. The van der Waals surface area contributed by atoms with E-state index in [4.69, 9.17) is 10.5 Å². The van der Waals surface area contributed by atoms with E-state index < -0.39 is 0 Å². The summed E-state index contributed by atoms with van der Waals surface area (Å²) >= 11 is 0. The highest BCUT2D eigenvalue weighted by molar-refractivity contribution is 5.99.